The number of pyridine rings is 1. The summed E-state index contributed by atoms with van der Waals surface area (Å²) in [7, 11) is 0. The standard InChI is InChI=1S/C57H50N4/c1-55(2,3)34-27-42-43-29-36(57(7,8)9)31-48(59(37-19-12-10-13-20-37)38-21-14-11-15-22-38)53(43)61-51(42)44(28-34)45-32-47-49(58-54(45)61)46-30-35(56(4,5)6)26-41-40-25-24-33-18-16-17-23-39(33)50(40)60(47)52(41)46/h10-32H,1-9H3. The van der Waals surface area contributed by atoms with Gasteiger partial charge in [-0.3, -0.25) is 4.40 Å². The molecule has 298 valence electrons. The fourth-order valence-corrected chi connectivity index (χ4v) is 10.3. The molecule has 5 heterocycles. The summed E-state index contributed by atoms with van der Waals surface area (Å²) >= 11 is 0. The van der Waals surface area contributed by atoms with E-state index in [0.717, 1.165) is 33.7 Å². The van der Waals surface area contributed by atoms with Crippen molar-refractivity contribution in [1.82, 2.24) is 13.8 Å². The lowest BCUT2D eigenvalue weighted by Gasteiger charge is -2.29. The summed E-state index contributed by atoms with van der Waals surface area (Å²) in [4.78, 5) is 8.40. The molecule has 0 unspecified atom stereocenters. The van der Waals surface area contributed by atoms with Gasteiger partial charge in [0.05, 0.1) is 38.8 Å². The Morgan fingerprint density at radius 2 is 0.869 bits per heavy atom. The van der Waals surface area contributed by atoms with Gasteiger partial charge in [-0.1, -0.05) is 135 Å². The minimum atomic E-state index is -0.0914. The first-order valence-corrected chi connectivity index (χ1v) is 21.8. The third-order valence-corrected chi connectivity index (χ3v) is 13.5. The largest absolute Gasteiger partial charge is 0.308 e. The van der Waals surface area contributed by atoms with Crippen LogP contribution in [0.4, 0.5) is 17.1 Å². The normalized spacial score (nSPS) is 13.3. The first-order chi connectivity index (χ1) is 29.2. The number of para-hydroxylation sites is 2. The van der Waals surface area contributed by atoms with Crippen LogP contribution in [0.15, 0.2) is 140 Å². The van der Waals surface area contributed by atoms with Crippen molar-refractivity contribution < 1.29 is 0 Å². The summed E-state index contributed by atoms with van der Waals surface area (Å²) in [6, 6.07) is 52.4. The van der Waals surface area contributed by atoms with Crippen molar-refractivity contribution in [1.29, 1.82) is 0 Å². The minimum absolute atomic E-state index is 0.0458. The van der Waals surface area contributed by atoms with E-state index in [1.807, 2.05) is 0 Å². The molecule has 4 nitrogen and oxygen atoms in total. The van der Waals surface area contributed by atoms with Gasteiger partial charge in [0, 0.05) is 54.5 Å². The van der Waals surface area contributed by atoms with Crippen LogP contribution in [0, 0.1) is 0 Å². The number of anilines is 3. The molecule has 0 aliphatic rings. The molecule has 0 N–H and O–H groups in total. The van der Waals surface area contributed by atoms with Crippen molar-refractivity contribution in [3.05, 3.63) is 156 Å². The zero-order valence-electron chi connectivity index (χ0n) is 36.6. The molecule has 0 aliphatic carbocycles. The highest BCUT2D eigenvalue weighted by molar-refractivity contribution is 6.30. The summed E-state index contributed by atoms with van der Waals surface area (Å²) < 4.78 is 5.07. The predicted molar refractivity (Wildman–Crippen MR) is 262 cm³/mol. The lowest BCUT2D eigenvalue weighted by atomic mass is 9.84. The van der Waals surface area contributed by atoms with E-state index in [-0.39, 0.29) is 16.2 Å². The maximum absolute atomic E-state index is 5.95. The van der Waals surface area contributed by atoms with Crippen LogP contribution >= 0.6 is 0 Å². The Morgan fingerprint density at radius 3 is 1.48 bits per heavy atom. The van der Waals surface area contributed by atoms with Crippen molar-refractivity contribution >= 4 is 104 Å². The minimum Gasteiger partial charge on any atom is -0.308 e. The monoisotopic (exact) mass is 790 g/mol. The third kappa shape index (κ3) is 5.02. The number of hydrogen-bond donors (Lipinski definition) is 0. The summed E-state index contributed by atoms with van der Waals surface area (Å²) in [6.45, 7) is 21.0. The van der Waals surface area contributed by atoms with Crippen molar-refractivity contribution in [3.8, 4) is 0 Å². The topological polar surface area (TPSA) is 25.0 Å². The Morgan fingerprint density at radius 1 is 0.393 bits per heavy atom. The smallest absolute Gasteiger partial charge is 0.146 e. The van der Waals surface area contributed by atoms with Gasteiger partial charge in [0.2, 0.25) is 0 Å². The van der Waals surface area contributed by atoms with E-state index in [2.05, 4.69) is 216 Å². The Labute approximate surface area is 356 Å². The Balaban J connectivity index is 1.33. The SMILES string of the molecule is CC(C)(C)c1cc(N(c2ccccc2)c2ccccc2)c2c(c1)c1cc(C(C)(C)C)cc3c4cc5c(nc4n2c31)c1cc(C(C)(C)C)cc2c3ccc4ccccc4c3n5c21. The van der Waals surface area contributed by atoms with Crippen LogP contribution < -0.4 is 4.90 Å². The van der Waals surface area contributed by atoms with E-state index in [4.69, 9.17) is 4.98 Å². The van der Waals surface area contributed by atoms with Crippen molar-refractivity contribution in [2.24, 2.45) is 0 Å². The summed E-state index contributed by atoms with van der Waals surface area (Å²) in [5.41, 5.74) is 15.3. The first kappa shape index (κ1) is 36.2. The fourth-order valence-electron chi connectivity index (χ4n) is 10.3. The van der Waals surface area contributed by atoms with Crippen molar-refractivity contribution in [2.45, 2.75) is 78.6 Å². The molecule has 12 aromatic rings. The van der Waals surface area contributed by atoms with Crippen LogP contribution in [-0.4, -0.2) is 13.8 Å². The van der Waals surface area contributed by atoms with Gasteiger partial charge in [-0.05, 0) is 105 Å². The molecule has 0 saturated carbocycles. The second kappa shape index (κ2) is 12.0. The predicted octanol–water partition coefficient (Wildman–Crippen LogP) is 15.9. The second-order valence-electron chi connectivity index (χ2n) is 20.6. The van der Waals surface area contributed by atoms with Gasteiger partial charge in [-0.15, -0.1) is 0 Å². The molecule has 0 aliphatic heterocycles. The van der Waals surface area contributed by atoms with E-state index in [9.17, 15) is 0 Å². The molecule has 0 amide bonds. The number of fused-ring (bicyclic) bond motifs is 14. The van der Waals surface area contributed by atoms with Crippen molar-refractivity contribution in [2.75, 3.05) is 4.90 Å². The number of nitrogens with zero attached hydrogens (tertiary/aromatic N) is 4. The molecule has 0 atom stereocenters. The van der Waals surface area contributed by atoms with Gasteiger partial charge in [-0.2, -0.15) is 0 Å². The average molecular weight is 791 g/mol. The molecule has 4 heteroatoms. The lowest BCUT2D eigenvalue weighted by Crippen LogP contribution is -2.15. The molecule has 0 saturated heterocycles. The van der Waals surface area contributed by atoms with Gasteiger partial charge in [0.25, 0.3) is 0 Å². The molecule has 0 spiro atoms. The van der Waals surface area contributed by atoms with Crippen molar-refractivity contribution in [3.63, 3.8) is 0 Å². The molecule has 12 rings (SSSR count). The summed E-state index contributed by atoms with van der Waals surface area (Å²) in [5, 5.41) is 11.3. The zero-order valence-corrected chi connectivity index (χ0v) is 36.6. The van der Waals surface area contributed by atoms with E-state index < -0.39 is 0 Å². The van der Waals surface area contributed by atoms with E-state index in [0.29, 0.717) is 0 Å². The molecule has 0 radical (unpaired) electrons. The molecule has 5 aromatic heterocycles. The van der Waals surface area contributed by atoms with Crippen LogP contribution in [0.25, 0.3) is 87.2 Å². The number of aromatic nitrogens is 3. The van der Waals surface area contributed by atoms with Gasteiger partial charge >= 0.3 is 0 Å². The lowest BCUT2D eigenvalue weighted by molar-refractivity contribution is 0.591. The zero-order chi connectivity index (χ0) is 41.9. The average Bonchev–Trinajstić information content (AvgIpc) is 3.95. The fraction of sp³-hybridized carbons (Fsp3) is 0.211. The molecule has 0 bridgehead atoms. The molecule has 0 fully saturated rings. The number of hydrogen-bond acceptors (Lipinski definition) is 2. The number of rotatable bonds is 3. The first-order valence-electron chi connectivity index (χ1n) is 21.8. The maximum Gasteiger partial charge on any atom is 0.146 e. The molecule has 61 heavy (non-hydrogen) atoms. The highest BCUT2D eigenvalue weighted by atomic mass is 15.2. The third-order valence-electron chi connectivity index (χ3n) is 13.5. The highest BCUT2D eigenvalue weighted by Gasteiger charge is 2.31. The van der Waals surface area contributed by atoms with Crippen LogP contribution in [0.5, 0.6) is 0 Å². The quantitative estimate of drug-likeness (QED) is 0.178. The van der Waals surface area contributed by atoms with Gasteiger partial charge < -0.3 is 9.30 Å². The van der Waals surface area contributed by atoms with Gasteiger partial charge in [0.15, 0.2) is 0 Å². The maximum atomic E-state index is 5.95. The van der Waals surface area contributed by atoms with Crippen LogP contribution in [0.2, 0.25) is 0 Å². The molecule has 7 aromatic carbocycles. The van der Waals surface area contributed by atoms with E-state index in [1.54, 1.807) is 0 Å². The Kier molecular flexibility index (Phi) is 7.13. The molecular formula is C57H50N4. The van der Waals surface area contributed by atoms with Gasteiger partial charge in [-0.25, -0.2) is 4.98 Å². The van der Waals surface area contributed by atoms with E-state index >= 15 is 0 Å². The molecular weight excluding hydrogens is 741 g/mol. The highest BCUT2D eigenvalue weighted by Crippen LogP contribution is 2.50. The summed E-state index contributed by atoms with van der Waals surface area (Å²) in [5.74, 6) is 0. The Hall–Kier alpha value is -6.65. The van der Waals surface area contributed by atoms with Gasteiger partial charge in [0.1, 0.15) is 5.65 Å². The van der Waals surface area contributed by atoms with Crippen LogP contribution in [-0.2, 0) is 16.2 Å². The van der Waals surface area contributed by atoms with E-state index in [1.165, 1.54) is 87.2 Å². The number of benzene rings is 7. The van der Waals surface area contributed by atoms with Crippen LogP contribution in [0.3, 0.4) is 0 Å². The van der Waals surface area contributed by atoms with Crippen LogP contribution in [0.1, 0.15) is 79.0 Å². The summed E-state index contributed by atoms with van der Waals surface area (Å²) in [6.07, 6.45) is 0. The Bertz CT molecular complexity index is 3690. The second-order valence-corrected chi connectivity index (χ2v) is 20.6.